The number of aromatic nitrogens is 1. The molecule has 1 atom stereocenters. The molecule has 1 saturated heterocycles. The second-order valence-electron chi connectivity index (χ2n) is 6.71. The lowest BCUT2D eigenvalue weighted by Gasteiger charge is -2.17. The summed E-state index contributed by atoms with van der Waals surface area (Å²) in [5.74, 6) is 0.478. The van der Waals surface area contributed by atoms with Crippen molar-refractivity contribution in [1.82, 2.24) is 9.47 Å². The number of hydrogen-bond acceptors (Lipinski definition) is 3. The highest BCUT2D eigenvalue weighted by atomic mass is 16.3. The van der Waals surface area contributed by atoms with Gasteiger partial charge in [0.25, 0.3) is 11.5 Å². The van der Waals surface area contributed by atoms with Crippen molar-refractivity contribution in [2.75, 3.05) is 13.1 Å². The predicted molar refractivity (Wildman–Crippen MR) is 96.9 cm³/mol. The van der Waals surface area contributed by atoms with Gasteiger partial charge in [-0.1, -0.05) is 12.1 Å². The summed E-state index contributed by atoms with van der Waals surface area (Å²) in [6, 6.07) is 10.7. The highest BCUT2D eigenvalue weighted by molar-refractivity contribution is 5.94. The van der Waals surface area contributed by atoms with Gasteiger partial charge >= 0.3 is 0 Å². The van der Waals surface area contributed by atoms with Gasteiger partial charge in [-0.2, -0.15) is 0 Å². The fourth-order valence-electron chi connectivity index (χ4n) is 3.55. The van der Waals surface area contributed by atoms with E-state index in [0.29, 0.717) is 25.6 Å². The molecule has 0 radical (unpaired) electrons. The normalized spacial score (nSPS) is 17.0. The zero-order valence-corrected chi connectivity index (χ0v) is 14.7. The summed E-state index contributed by atoms with van der Waals surface area (Å²) in [5, 5.41) is 9.36. The number of amides is 1. The van der Waals surface area contributed by atoms with Gasteiger partial charge in [-0.15, -0.1) is 0 Å². The number of pyridine rings is 1. The molecule has 1 fully saturated rings. The first kappa shape index (κ1) is 17.3. The number of nitrogens with zero attached hydrogens (tertiary/aromatic N) is 2. The molecular weight excluding hydrogens is 316 g/mol. The highest BCUT2D eigenvalue weighted by Crippen LogP contribution is 2.23. The Morgan fingerprint density at radius 2 is 1.92 bits per heavy atom. The van der Waals surface area contributed by atoms with Gasteiger partial charge in [0.1, 0.15) is 11.3 Å². The zero-order valence-electron chi connectivity index (χ0n) is 14.7. The molecule has 25 heavy (non-hydrogen) atoms. The third-order valence-electron chi connectivity index (χ3n) is 4.97. The molecule has 1 amide bonds. The summed E-state index contributed by atoms with van der Waals surface area (Å²) in [4.78, 5) is 27.1. The van der Waals surface area contributed by atoms with E-state index >= 15 is 0 Å². The number of phenols is 1. The lowest BCUT2D eigenvalue weighted by atomic mass is 9.99. The van der Waals surface area contributed by atoms with Gasteiger partial charge in [0.15, 0.2) is 0 Å². The standard InChI is InChI=1S/C20H24N2O3/c1-3-22-14(2)4-9-18(20(22)25)19(24)21-11-10-16(13-21)12-15-5-7-17(23)8-6-15/h4-9,16,23H,3,10-13H2,1-2H3. The number of carbonyl (C=O) groups excluding carboxylic acids is 1. The molecular formula is C20H24N2O3. The molecule has 5 nitrogen and oxygen atoms in total. The van der Waals surface area contributed by atoms with Crippen molar-refractivity contribution in [2.45, 2.75) is 33.2 Å². The second kappa shape index (κ2) is 7.13. The van der Waals surface area contributed by atoms with E-state index in [0.717, 1.165) is 24.1 Å². The van der Waals surface area contributed by atoms with Crippen LogP contribution in [0, 0.1) is 12.8 Å². The van der Waals surface area contributed by atoms with Crippen LogP contribution in [0.3, 0.4) is 0 Å². The van der Waals surface area contributed by atoms with Gasteiger partial charge in [-0.25, -0.2) is 0 Å². The van der Waals surface area contributed by atoms with Gasteiger partial charge in [0.2, 0.25) is 0 Å². The third kappa shape index (κ3) is 3.60. The van der Waals surface area contributed by atoms with Crippen LogP contribution in [0.25, 0.3) is 0 Å². The van der Waals surface area contributed by atoms with Crippen LogP contribution < -0.4 is 5.56 Å². The Bertz CT molecular complexity index is 824. The smallest absolute Gasteiger partial charge is 0.263 e. The number of aryl methyl sites for hydroxylation is 1. The number of hydrogen-bond donors (Lipinski definition) is 1. The second-order valence-corrected chi connectivity index (χ2v) is 6.71. The molecule has 0 bridgehead atoms. The molecule has 1 aromatic heterocycles. The van der Waals surface area contributed by atoms with E-state index in [1.165, 1.54) is 0 Å². The first-order chi connectivity index (χ1) is 12.0. The van der Waals surface area contributed by atoms with Crippen LogP contribution in [0.5, 0.6) is 5.75 Å². The van der Waals surface area contributed by atoms with Crippen molar-refractivity contribution >= 4 is 5.91 Å². The lowest BCUT2D eigenvalue weighted by Crippen LogP contribution is -2.36. The average molecular weight is 340 g/mol. The molecule has 1 aromatic carbocycles. The minimum atomic E-state index is -0.200. The number of likely N-dealkylation sites (tertiary alicyclic amines) is 1. The highest BCUT2D eigenvalue weighted by Gasteiger charge is 2.28. The van der Waals surface area contributed by atoms with Gasteiger partial charge in [0.05, 0.1) is 0 Å². The first-order valence-corrected chi connectivity index (χ1v) is 8.77. The number of carbonyl (C=O) groups is 1. The summed E-state index contributed by atoms with van der Waals surface area (Å²) in [7, 11) is 0. The molecule has 1 unspecified atom stereocenters. The average Bonchev–Trinajstić information content (AvgIpc) is 3.05. The Balaban J connectivity index is 1.70. The van der Waals surface area contributed by atoms with Gasteiger partial charge < -0.3 is 14.6 Å². The van der Waals surface area contributed by atoms with E-state index in [-0.39, 0.29) is 22.8 Å². The molecule has 2 aromatic rings. The molecule has 1 aliphatic rings. The fourth-order valence-corrected chi connectivity index (χ4v) is 3.55. The molecule has 3 rings (SSSR count). The Morgan fingerprint density at radius 1 is 1.20 bits per heavy atom. The van der Waals surface area contributed by atoms with Crippen LogP contribution in [0.15, 0.2) is 41.2 Å². The van der Waals surface area contributed by atoms with E-state index in [4.69, 9.17) is 0 Å². The molecule has 1 N–H and O–H groups in total. The molecule has 0 saturated carbocycles. The van der Waals surface area contributed by atoms with Crippen molar-refractivity contribution in [3.8, 4) is 5.75 Å². The summed E-state index contributed by atoms with van der Waals surface area (Å²) in [6.45, 7) is 5.70. The molecule has 132 valence electrons. The lowest BCUT2D eigenvalue weighted by molar-refractivity contribution is 0.0784. The molecule has 5 heteroatoms. The first-order valence-electron chi connectivity index (χ1n) is 8.77. The summed E-state index contributed by atoms with van der Waals surface area (Å²) in [5.41, 5.74) is 2.09. The number of rotatable bonds is 4. The molecule has 2 heterocycles. The van der Waals surface area contributed by atoms with Crippen LogP contribution in [-0.4, -0.2) is 33.6 Å². The quantitative estimate of drug-likeness (QED) is 0.930. The third-order valence-corrected chi connectivity index (χ3v) is 4.97. The van der Waals surface area contributed by atoms with Crippen molar-refractivity contribution in [2.24, 2.45) is 5.92 Å². The van der Waals surface area contributed by atoms with Crippen molar-refractivity contribution in [3.05, 3.63) is 63.6 Å². The van der Waals surface area contributed by atoms with Crippen LogP contribution >= 0.6 is 0 Å². The summed E-state index contributed by atoms with van der Waals surface area (Å²) < 4.78 is 1.64. The SMILES string of the molecule is CCn1c(C)ccc(C(=O)N2CCC(Cc3ccc(O)cc3)C2)c1=O. The minimum absolute atomic E-state index is 0.166. The zero-order chi connectivity index (χ0) is 18.0. The Kier molecular flexibility index (Phi) is 4.93. The maximum atomic E-state index is 12.8. The van der Waals surface area contributed by atoms with Crippen LogP contribution in [0.4, 0.5) is 0 Å². The summed E-state index contributed by atoms with van der Waals surface area (Å²) in [6.07, 6.45) is 1.80. The van der Waals surface area contributed by atoms with Crippen LogP contribution in [-0.2, 0) is 13.0 Å². The number of aromatic hydroxyl groups is 1. The van der Waals surface area contributed by atoms with Crippen LogP contribution in [0.1, 0.15) is 35.0 Å². The minimum Gasteiger partial charge on any atom is -0.508 e. The molecule has 0 aliphatic carbocycles. The Hall–Kier alpha value is -2.56. The predicted octanol–water partition coefficient (Wildman–Crippen LogP) is 2.59. The maximum absolute atomic E-state index is 12.8. The fraction of sp³-hybridized carbons (Fsp3) is 0.400. The molecule has 0 spiro atoms. The van der Waals surface area contributed by atoms with Gasteiger partial charge in [0, 0.05) is 25.3 Å². The van der Waals surface area contributed by atoms with E-state index in [9.17, 15) is 14.7 Å². The molecule has 1 aliphatic heterocycles. The number of benzene rings is 1. The van der Waals surface area contributed by atoms with Gasteiger partial charge in [-0.3, -0.25) is 9.59 Å². The van der Waals surface area contributed by atoms with E-state index in [2.05, 4.69) is 0 Å². The van der Waals surface area contributed by atoms with E-state index < -0.39 is 0 Å². The van der Waals surface area contributed by atoms with E-state index in [1.807, 2.05) is 32.0 Å². The number of phenolic OH excluding ortho intramolecular Hbond substituents is 1. The monoisotopic (exact) mass is 340 g/mol. The van der Waals surface area contributed by atoms with Crippen molar-refractivity contribution in [1.29, 1.82) is 0 Å². The largest absolute Gasteiger partial charge is 0.508 e. The van der Waals surface area contributed by atoms with E-state index in [1.54, 1.807) is 27.7 Å². The van der Waals surface area contributed by atoms with Crippen molar-refractivity contribution < 1.29 is 9.90 Å². The topological polar surface area (TPSA) is 62.5 Å². The summed E-state index contributed by atoms with van der Waals surface area (Å²) >= 11 is 0. The maximum Gasteiger partial charge on any atom is 0.263 e. The van der Waals surface area contributed by atoms with Gasteiger partial charge in [-0.05, 0) is 62.4 Å². The Morgan fingerprint density at radius 3 is 2.60 bits per heavy atom. The Labute approximate surface area is 147 Å². The van der Waals surface area contributed by atoms with Crippen LogP contribution in [0.2, 0.25) is 0 Å². The van der Waals surface area contributed by atoms with Crippen molar-refractivity contribution in [3.63, 3.8) is 0 Å².